The van der Waals surface area contributed by atoms with E-state index in [0.29, 0.717) is 6.04 Å². The number of hydrogen-bond donors (Lipinski definition) is 1. The fraction of sp³-hybridized carbons (Fsp3) is 0.400. The minimum Gasteiger partial charge on any atom is -0.310 e. The first-order valence-electron chi connectivity index (χ1n) is 4.25. The second-order valence-electron chi connectivity index (χ2n) is 3.06. The molecule has 1 aliphatic heterocycles. The molecule has 0 aromatic heterocycles. The molecule has 1 saturated heterocycles. The minimum atomic E-state index is 0. The van der Waals surface area contributed by atoms with Crippen molar-refractivity contribution >= 4 is 12.4 Å². The summed E-state index contributed by atoms with van der Waals surface area (Å²) < 4.78 is 0. The topological polar surface area (TPSA) is 12.0 Å². The van der Waals surface area contributed by atoms with Crippen molar-refractivity contribution in [2.24, 2.45) is 0 Å². The second kappa shape index (κ2) is 4.48. The molecule has 1 heterocycles. The van der Waals surface area contributed by atoms with Gasteiger partial charge in [-0.1, -0.05) is 30.3 Å². The molecule has 0 unspecified atom stereocenters. The highest BCUT2D eigenvalue weighted by molar-refractivity contribution is 5.85. The Balaban J connectivity index is 0.000000720. The van der Waals surface area contributed by atoms with Gasteiger partial charge in [0, 0.05) is 6.04 Å². The van der Waals surface area contributed by atoms with Crippen LogP contribution in [-0.4, -0.2) is 6.54 Å². The maximum absolute atomic E-state index is 3.47. The SMILES string of the molecule is Cl.c1ccc([C@H]2CCCN2)cc1. The predicted octanol–water partition coefficient (Wildman–Crippen LogP) is 2.53. The summed E-state index contributed by atoms with van der Waals surface area (Å²) >= 11 is 0. The molecule has 1 aromatic rings. The largest absolute Gasteiger partial charge is 0.310 e. The summed E-state index contributed by atoms with van der Waals surface area (Å²) in [4.78, 5) is 0. The van der Waals surface area contributed by atoms with Crippen molar-refractivity contribution in [3.63, 3.8) is 0 Å². The highest BCUT2D eigenvalue weighted by Crippen LogP contribution is 2.21. The molecule has 2 rings (SSSR count). The third kappa shape index (κ3) is 1.99. The summed E-state index contributed by atoms with van der Waals surface area (Å²) in [5.41, 5.74) is 1.44. The lowest BCUT2D eigenvalue weighted by molar-refractivity contribution is 0.648. The standard InChI is InChI=1S/C10H13N.ClH/c1-2-5-9(6-3-1)10-7-4-8-11-10;/h1-3,5-6,10-11H,4,7-8H2;1H/t10-;/m1./s1. The van der Waals surface area contributed by atoms with Crippen molar-refractivity contribution in [1.29, 1.82) is 0 Å². The molecule has 0 aliphatic carbocycles. The Kier molecular flexibility index (Phi) is 3.57. The van der Waals surface area contributed by atoms with Gasteiger partial charge >= 0.3 is 0 Å². The summed E-state index contributed by atoms with van der Waals surface area (Å²) in [6.45, 7) is 1.18. The number of benzene rings is 1. The third-order valence-corrected chi connectivity index (χ3v) is 2.26. The molecule has 2 heteroatoms. The zero-order valence-corrected chi connectivity index (χ0v) is 7.81. The summed E-state index contributed by atoms with van der Waals surface area (Å²) in [5.74, 6) is 0. The molecular weight excluding hydrogens is 170 g/mol. The maximum Gasteiger partial charge on any atom is 0.0320 e. The van der Waals surface area contributed by atoms with Crippen LogP contribution in [0.25, 0.3) is 0 Å². The Morgan fingerprint density at radius 1 is 1.17 bits per heavy atom. The fourth-order valence-corrected chi connectivity index (χ4v) is 1.65. The zero-order chi connectivity index (χ0) is 7.52. The van der Waals surface area contributed by atoms with Gasteiger partial charge in [-0.2, -0.15) is 0 Å². The van der Waals surface area contributed by atoms with Crippen LogP contribution in [0, 0.1) is 0 Å². The van der Waals surface area contributed by atoms with Crippen molar-refractivity contribution in [1.82, 2.24) is 5.32 Å². The third-order valence-electron chi connectivity index (χ3n) is 2.26. The van der Waals surface area contributed by atoms with Crippen molar-refractivity contribution < 1.29 is 0 Å². The number of nitrogens with one attached hydrogen (secondary N) is 1. The molecule has 1 fully saturated rings. The Morgan fingerprint density at radius 3 is 2.50 bits per heavy atom. The number of rotatable bonds is 1. The van der Waals surface area contributed by atoms with Gasteiger partial charge in [0.15, 0.2) is 0 Å². The van der Waals surface area contributed by atoms with Crippen LogP contribution in [-0.2, 0) is 0 Å². The smallest absolute Gasteiger partial charge is 0.0320 e. The lowest BCUT2D eigenvalue weighted by Gasteiger charge is -2.08. The summed E-state index contributed by atoms with van der Waals surface area (Å²) in [5, 5.41) is 3.47. The van der Waals surface area contributed by atoms with Gasteiger partial charge in [-0.05, 0) is 24.9 Å². The van der Waals surface area contributed by atoms with Crippen molar-refractivity contribution in [2.45, 2.75) is 18.9 Å². The van der Waals surface area contributed by atoms with E-state index in [9.17, 15) is 0 Å². The lowest BCUT2D eigenvalue weighted by atomic mass is 10.1. The summed E-state index contributed by atoms with van der Waals surface area (Å²) in [6, 6.07) is 11.3. The van der Waals surface area contributed by atoms with E-state index in [1.54, 1.807) is 0 Å². The van der Waals surface area contributed by atoms with Crippen molar-refractivity contribution in [3.05, 3.63) is 35.9 Å². The van der Waals surface area contributed by atoms with E-state index in [1.807, 2.05) is 0 Å². The molecule has 0 bridgehead atoms. The normalized spacial score (nSPS) is 21.8. The second-order valence-corrected chi connectivity index (χ2v) is 3.06. The van der Waals surface area contributed by atoms with Crippen LogP contribution < -0.4 is 5.32 Å². The lowest BCUT2D eigenvalue weighted by Crippen LogP contribution is -2.12. The molecule has 1 nitrogen and oxygen atoms in total. The predicted molar refractivity (Wildman–Crippen MR) is 53.7 cm³/mol. The van der Waals surface area contributed by atoms with Gasteiger partial charge in [0.25, 0.3) is 0 Å². The van der Waals surface area contributed by atoms with Crippen LogP contribution in [0.3, 0.4) is 0 Å². The van der Waals surface area contributed by atoms with Crippen molar-refractivity contribution in [3.8, 4) is 0 Å². The van der Waals surface area contributed by atoms with Gasteiger partial charge in [-0.15, -0.1) is 12.4 Å². The first kappa shape index (κ1) is 9.56. The molecule has 1 atom stereocenters. The molecule has 12 heavy (non-hydrogen) atoms. The fourth-order valence-electron chi connectivity index (χ4n) is 1.65. The van der Waals surface area contributed by atoms with E-state index in [0.717, 1.165) is 0 Å². The van der Waals surface area contributed by atoms with Gasteiger partial charge in [0.1, 0.15) is 0 Å². The van der Waals surface area contributed by atoms with E-state index in [1.165, 1.54) is 24.9 Å². The highest BCUT2D eigenvalue weighted by atomic mass is 35.5. The van der Waals surface area contributed by atoms with E-state index < -0.39 is 0 Å². The Morgan fingerprint density at radius 2 is 1.92 bits per heavy atom. The molecule has 0 amide bonds. The average molecular weight is 184 g/mol. The van der Waals surface area contributed by atoms with Gasteiger partial charge < -0.3 is 5.32 Å². The van der Waals surface area contributed by atoms with E-state index in [2.05, 4.69) is 35.6 Å². The highest BCUT2D eigenvalue weighted by Gasteiger charge is 2.14. The Hall–Kier alpha value is -0.530. The molecule has 66 valence electrons. The molecule has 1 aliphatic rings. The van der Waals surface area contributed by atoms with Crippen LogP contribution >= 0.6 is 12.4 Å². The van der Waals surface area contributed by atoms with Crippen LogP contribution in [0.5, 0.6) is 0 Å². The first-order chi connectivity index (χ1) is 5.47. The van der Waals surface area contributed by atoms with Crippen LogP contribution in [0.4, 0.5) is 0 Å². The van der Waals surface area contributed by atoms with E-state index in [4.69, 9.17) is 0 Å². The molecule has 1 aromatic carbocycles. The molecule has 0 saturated carbocycles. The van der Waals surface area contributed by atoms with E-state index >= 15 is 0 Å². The van der Waals surface area contributed by atoms with Crippen molar-refractivity contribution in [2.75, 3.05) is 6.54 Å². The Labute approximate surface area is 79.6 Å². The van der Waals surface area contributed by atoms with Gasteiger partial charge in [-0.25, -0.2) is 0 Å². The monoisotopic (exact) mass is 183 g/mol. The molecule has 1 N–H and O–H groups in total. The van der Waals surface area contributed by atoms with Gasteiger partial charge in [-0.3, -0.25) is 0 Å². The summed E-state index contributed by atoms with van der Waals surface area (Å²) in [7, 11) is 0. The van der Waals surface area contributed by atoms with Crippen LogP contribution in [0.15, 0.2) is 30.3 Å². The first-order valence-corrected chi connectivity index (χ1v) is 4.25. The average Bonchev–Trinajstić information content (AvgIpc) is 2.58. The molecular formula is C10H14ClN. The van der Waals surface area contributed by atoms with Crippen LogP contribution in [0.1, 0.15) is 24.4 Å². The minimum absolute atomic E-state index is 0. The van der Waals surface area contributed by atoms with Gasteiger partial charge in [0.2, 0.25) is 0 Å². The summed E-state index contributed by atoms with van der Waals surface area (Å²) in [6.07, 6.45) is 2.61. The Bertz CT molecular complexity index is 217. The zero-order valence-electron chi connectivity index (χ0n) is 6.99. The maximum atomic E-state index is 3.47. The number of halogens is 1. The van der Waals surface area contributed by atoms with Gasteiger partial charge in [0.05, 0.1) is 0 Å². The van der Waals surface area contributed by atoms with Crippen LogP contribution in [0.2, 0.25) is 0 Å². The molecule has 0 radical (unpaired) electrons. The molecule has 0 spiro atoms. The number of hydrogen-bond acceptors (Lipinski definition) is 1. The van der Waals surface area contributed by atoms with E-state index in [-0.39, 0.29) is 12.4 Å². The quantitative estimate of drug-likeness (QED) is 0.706.